The third-order valence-corrected chi connectivity index (χ3v) is 5.96. The molecule has 21 heavy (non-hydrogen) atoms. The molecule has 1 saturated heterocycles. The lowest BCUT2D eigenvalue weighted by Crippen LogP contribution is -2.45. The van der Waals surface area contributed by atoms with Gasteiger partial charge in [0.15, 0.2) is 0 Å². The Hall–Kier alpha value is -0.910. The van der Waals surface area contributed by atoms with Crippen LogP contribution in [0.1, 0.15) is 39.2 Å². The first-order valence-corrected chi connectivity index (χ1v) is 8.94. The first-order chi connectivity index (χ1) is 9.78. The number of aryl methyl sites for hydroxylation is 1. The second-order valence-electron chi connectivity index (χ2n) is 6.65. The van der Waals surface area contributed by atoms with E-state index in [1.165, 1.54) is 5.56 Å². The molecule has 0 unspecified atom stereocenters. The zero-order valence-corrected chi connectivity index (χ0v) is 13.8. The predicted octanol–water partition coefficient (Wildman–Crippen LogP) is 2.49. The van der Waals surface area contributed by atoms with Gasteiger partial charge < -0.3 is 4.74 Å². The molecule has 2 atom stereocenters. The number of ether oxygens (including phenoxy) is 1. The number of hydrogen-bond acceptors (Lipinski definition) is 3. The van der Waals surface area contributed by atoms with Crippen molar-refractivity contribution in [1.29, 1.82) is 0 Å². The van der Waals surface area contributed by atoms with Gasteiger partial charge in [0.1, 0.15) is 0 Å². The van der Waals surface area contributed by atoms with E-state index in [1.807, 2.05) is 18.2 Å². The van der Waals surface area contributed by atoms with Gasteiger partial charge in [-0.05, 0) is 45.6 Å². The normalized spacial score (nSPS) is 20.2. The van der Waals surface area contributed by atoms with Crippen LogP contribution in [0, 0.1) is 0 Å². The Kier molecular flexibility index (Phi) is 5.07. The maximum atomic E-state index is 12.3. The summed E-state index contributed by atoms with van der Waals surface area (Å²) in [6, 6.07) is 10.1. The summed E-state index contributed by atoms with van der Waals surface area (Å²) in [7, 11) is -3.32. The Morgan fingerprint density at radius 2 is 1.90 bits per heavy atom. The molecule has 2 rings (SSSR count). The van der Waals surface area contributed by atoms with E-state index in [9.17, 15) is 8.42 Å². The van der Waals surface area contributed by atoms with Crippen molar-refractivity contribution < 1.29 is 13.2 Å². The minimum atomic E-state index is -3.32. The Bertz CT molecular complexity index is 545. The van der Waals surface area contributed by atoms with Crippen molar-refractivity contribution in [1.82, 2.24) is 4.72 Å². The molecule has 0 saturated carbocycles. The zero-order chi connectivity index (χ0) is 15.5. The largest absolute Gasteiger partial charge is 0.373 e. The van der Waals surface area contributed by atoms with Gasteiger partial charge in [-0.2, -0.15) is 0 Å². The molecule has 1 aromatic rings. The molecular formula is C16H25NO3S. The van der Waals surface area contributed by atoms with Gasteiger partial charge >= 0.3 is 0 Å². The van der Waals surface area contributed by atoms with Crippen molar-refractivity contribution in [2.75, 3.05) is 6.61 Å². The SMILES string of the molecule is CC(C)(C)S(=O)(=O)N[C@@H](CCc1ccccc1)C[C@@H]1CO1. The lowest BCUT2D eigenvalue weighted by Gasteiger charge is -2.25. The second kappa shape index (κ2) is 6.46. The zero-order valence-electron chi connectivity index (χ0n) is 13.0. The van der Waals surface area contributed by atoms with Crippen LogP contribution >= 0.6 is 0 Å². The Balaban J connectivity index is 1.97. The third-order valence-electron chi connectivity index (χ3n) is 3.70. The molecule has 0 aliphatic carbocycles. The minimum absolute atomic E-state index is 0.0677. The molecule has 0 spiro atoms. The Morgan fingerprint density at radius 1 is 1.29 bits per heavy atom. The number of hydrogen-bond donors (Lipinski definition) is 1. The maximum absolute atomic E-state index is 12.3. The van der Waals surface area contributed by atoms with E-state index in [0.717, 1.165) is 25.9 Å². The number of benzene rings is 1. The molecule has 1 aliphatic rings. The van der Waals surface area contributed by atoms with Crippen molar-refractivity contribution in [3.05, 3.63) is 35.9 Å². The quantitative estimate of drug-likeness (QED) is 0.787. The molecule has 1 heterocycles. The Morgan fingerprint density at radius 3 is 2.43 bits per heavy atom. The summed E-state index contributed by atoms with van der Waals surface area (Å²) in [5.74, 6) is 0. The van der Waals surface area contributed by atoms with E-state index in [4.69, 9.17) is 4.74 Å². The lowest BCUT2D eigenvalue weighted by molar-refractivity contribution is 0.365. The molecule has 0 radical (unpaired) electrons. The number of nitrogens with one attached hydrogen (secondary N) is 1. The second-order valence-corrected chi connectivity index (χ2v) is 9.11. The van der Waals surface area contributed by atoms with E-state index in [0.29, 0.717) is 0 Å². The summed E-state index contributed by atoms with van der Waals surface area (Å²) in [6.45, 7) is 5.91. The van der Waals surface area contributed by atoms with Crippen LogP contribution in [0.3, 0.4) is 0 Å². The predicted molar refractivity (Wildman–Crippen MR) is 84.7 cm³/mol. The van der Waals surface area contributed by atoms with Crippen LogP contribution in [0.15, 0.2) is 30.3 Å². The molecule has 1 fully saturated rings. The number of rotatable bonds is 7. The summed E-state index contributed by atoms with van der Waals surface area (Å²) in [6.07, 6.45) is 2.63. The smallest absolute Gasteiger partial charge is 0.216 e. The summed E-state index contributed by atoms with van der Waals surface area (Å²) < 4.78 is 32.0. The van der Waals surface area contributed by atoms with E-state index in [-0.39, 0.29) is 12.1 Å². The number of epoxide rings is 1. The molecule has 5 heteroatoms. The van der Waals surface area contributed by atoms with Crippen molar-refractivity contribution in [3.8, 4) is 0 Å². The van der Waals surface area contributed by atoms with Crippen molar-refractivity contribution in [3.63, 3.8) is 0 Å². The van der Waals surface area contributed by atoms with E-state index in [2.05, 4.69) is 16.9 Å². The molecule has 4 nitrogen and oxygen atoms in total. The van der Waals surface area contributed by atoms with Gasteiger partial charge in [0.2, 0.25) is 10.0 Å². The molecule has 1 N–H and O–H groups in total. The van der Waals surface area contributed by atoms with Gasteiger partial charge in [0, 0.05) is 6.04 Å². The molecule has 1 aliphatic heterocycles. The van der Waals surface area contributed by atoms with E-state index < -0.39 is 14.8 Å². The fourth-order valence-corrected chi connectivity index (χ4v) is 3.13. The average Bonchev–Trinajstić information content (AvgIpc) is 3.19. The van der Waals surface area contributed by atoms with Crippen molar-refractivity contribution in [2.24, 2.45) is 0 Å². The van der Waals surface area contributed by atoms with Crippen LogP contribution in [0.25, 0.3) is 0 Å². The van der Waals surface area contributed by atoms with Crippen LogP contribution in [-0.4, -0.2) is 31.9 Å². The summed E-state index contributed by atoms with van der Waals surface area (Å²) in [5, 5.41) is 0. The standard InChI is InChI=1S/C16H25NO3S/c1-16(2,3)21(18,19)17-14(11-15-12-20-15)10-9-13-7-5-4-6-8-13/h4-8,14-15,17H,9-12H2,1-3H3/t14-,15+/m0/s1. The monoisotopic (exact) mass is 311 g/mol. The van der Waals surface area contributed by atoms with Crippen molar-refractivity contribution >= 4 is 10.0 Å². The van der Waals surface area contributed by atoms with Gasteiger partial charge in [0.25, 0.3) is 0 Å². The number of sulfonamides is 1. The van der Waals surface area contributed by atoms with Gasteiger partial charge in [-0.1, -0.05) is 30.3 Å². The summed E-state index contributed by atoms with van der Waals surface area (Å²) in [4.78, 5) is 0. The molecule has 0 bridgehead atoms. The van der Waals surface area contributed by atoms with Crippen molar-refractivity contribution in [2.45, 2.75) is 56.9 Å². The average molecular weight is 311 g/mol. The van der Waals surface area contributed by atoms with Gasteiger partial charge in [-0.15, -0.1) is 0 Å². The first-order valence-electron chi connectivity index (χ1n) is 7.45. The molecule has 0 aromatic heterocycles. The molecule has 0 amide bonds. The lowest BCUT2D eigenvalue weighted by atomic mass is 10.0. The van der Waals surface area contributed by atoms with Gasteiger partial charge in [-0.25, -0.2) is 13.1 Å². The van der Waals surface area contributed by atoms with Crippen LogP contribution in [0.2, 0.25) is 0 Å². The van der Waals surface area contributed by atoms with Crippen LogP contribution in [-0.2, 0) is 21.2 Å². The minimum Gasteiger partial charge on any atom is -0.373 e. The van der Waals surface area contributed by atoms with Crippen LogP contribution in [0.5, 0.6) is 0 Å². The van der Waals surface area contributed by atoms with Gasteiger partial charge in [0.05, 0.1) is 17.5 Å². The first kappa shape index (κ1) is 16.5. The van der Waals surface area contributed by atoms with E-state index >= 15 is 0 Å². The highest BCUT2D eigenvalue weighted by Crippen LogP contribution is 2.21. The molecular weight excluding hydrogens is 286 g/mol. The van der Waals surface area contributed by atoms with E-state index in [1.54, 1.807) is 20.8 Å². The summed E-state index contributed by atoms with van der Waals surface area (Å²) in [5.41, 5.74) is 1.23. The van der Waals surface area contributed by atoms with Crippen LogP contribution in [0.4, 0.5) is 0 Å². The molecule has 1 aromatic carbocycles. The topological polar surface area (TPSA) is 58.7 Å². The van der Waals surface area contributed by atoms with Crippen LogP contribution < -0.4 is 4.72 Å². The maximum Gasteiger partial charge on any atom is 0.216 e. The molecule has 118 valence electrons. The third kappa shape index (κ3) is 5.09. The highest BCUT2D eigenvalue weighted by Gasteiger charge is 2.34. The van der Waals surface area contributed by atoms with Gasteiger partial charge in [-0.3, -0.25) is 0 Å². The highest BCUT2D eigenvalue weighted by molar-refractivity contribution is 7.90. The fourth-order valence-electron chi connectivity index (χ4n) is 2.13. The summed E-state index contributed by atoms with van der Waals surface area (Å²) >= 11 is 0. The Labute approximate surface area is 127 Å². The fraction of sp³-hybridized carbons (Fsp3) is 0.625. The highest BCUT2D eigenvalue weighted by atomic mass is 32.2.